The lowest BCUT2D eigenvalue weighted by Crippen LogP contribution is -2.64. The molecule has 1 aliphatic rings. The van der Waals surface area contributed by atoms with Gasteiger partial charge in [0.25, 0.3) is 0 Å². The second-order valence-electron chi connectivity index (χ2n) is 5.99. The van der Waals surface area contributed by atoms with Crippen LogP contribution < -0.4 is 0 Å². The van der Waals surface area contributed by atoms with Crippen molar-refractivity contribution in [3.8, 4) is 11.8 Å². The Bertz CT molecular complexity index is 399. The molecule has 1 amide bonds. The summed E-state index contributed by atoms with van der Waals surface area (Å²) >= 11 is 0. The molecule has 0 aromatic heterocycles. The summed E-state index contributed by atoms with van der Waals surface area (Å²) in [6, 6.07) is 0. The van der Waals surface area contributed by atoms with Crippen LogP contribution >= 0.6 is 0 Å². The summed E-state index contributed by atoms with van der Waals surface area (Å²) in [6.45, 7) is 7.00. The number of carbonyl (C=O) groups is 1. The van der Waals surface area contributed by atoms with Crippen LogP contribution in [0.4, 0.5) is 4.79 Å². The third-order valence-electron chi connectivity index (χ3n) is 2.76. The second-order valence-corrected chi connectivity index (χ2v) is 5.99. The van der Waals surface area contributed by atoms with Crippen LogP contribution in [-0.2, 0) is 14.2 Å². The van der Waals surface area contributed by atoms with Gasteiger partial charge in [0.15, 0.2) is 5.60 Å². The number of aliphatic hydroxyl groups excluding tert-OH is 1. The second kappa shape index (κ2) is 7.64. The fraction of sp³-hybridized carbons (Fsp3) is 0.800. The lowest BCUT2D eigenvalue weighted by Gasteiger charge is -2.46. The van der Waals surface area contributed by atoms with Crippen molar-refractivity contribution in [2.24, 2.45) is 0 Å². The van der Waals surface area contributed by atoms with E-state index in [1.807, 2.05) is 20.8 Å². The molecular weight excluding hydrogens is 274 g/mol. The maximum absolute atomic E-state index is 11.9. The number of methoxy groups -OCH3 is 1. The molecule has 1 rings (SSSR count). The maximum Gasteiger partial charge on any atom is 0.410 e. The highest BCUT2D eigenvalue weighted by atomic mass is 16.6. The topological polar surface area (TPSA) is 68.2 Å². The van der Waals surface area contributed by atoms with Gasteiger partial charge in [-0.25, -0.2) is 4.79 Å². The molecule has 0 bridgehead atoms. The maximum atomic E-state index is 11.9. The van der Waals surface area contributed by atoms with Gasteiger partial charge in [-0.05, 0) is 27.2 Å². The molecule has 120 valence electrons. The zero-order chi connectivity index (χ0) is 15.9. The van der Waals surface area contributed by atoms with Crippen LogP contribution in [0, 0.1) is 11.8 Å². The molecule has 0 spiro atoms. The molecule has 6 heteroatoms. The Balaban J connectivity index is 2.56. The number of likely N-dealkylation sites (tertiary alicyclic amines) is 1. The van der Waals surface area contributed by atoms with E-state index in [1.54, 1.807) is 12.0 Å². The van der Waals surface area contributed by atoms with Crippen LogP contribution in [0.3, 0.4) is 0 Å². The van der Waals surface area contributed by atoms with Gasteiger partial charge < -0.3 is 24.2 Å². The van der Waals surface area contributed by atoms with Gasteiger partial charge >= 0.3 is 6.09 Å². The highest BCUT2D eigenvalue weighted by Gasteiger charge is 2.46. The molecule has 0 saturated carbocycles. The Morgan fingerprint density at radius 2 is 2.05 bits per heavy atom. The van der Waals surface area contributed by atoms with E-state index in [-0.39, 0.29) is 12.7 Å². The minimum absolute atomic E-state index is 0.0668. The predicted octanol–water partition coefficient (Wildman–Crippen LogP) is 1.02. The van der Waals surface area contributed by atoms with Gasteiger partial charge in [0.1, 0.15) is 12.2 Å². The molecule has 0 unspecified atom stereocenters. The first kappa shape index (κ1) is 17.8. The average molecular weight is 299 g/mol. The Hall–Kier alpha value is -1.29. The van der Waals surface area contributed by atoms with Crippen molar-refractivity contribution in [3.63, 3.8) is 0 Å². The molecule has 0 aromatic rings. The minimum atomic E-state index is -0.676. The van der Waals surface area contributed by atoms with Gasteiger partial charge in [-0.1, -0.05) is 11.8 Å². The Labute approximate surface area is 126 Å². The molecule has 0 atom stereocenters. The van der Waals surface area contributed by atoms with Gasteiger partial charge in [-0.3, -0.25) is 0 Å². The van der Waals surface area contributed by atoms with Crippen LogP contribution in [0.2, 0.25) is 0 Å². The third-order valence-corrected chi connectivity index (χ3v) is 2.76. The molecular formula is C15H25NO5. The lowest BCUT2D eigenvalue weighted by atomic mass is 9.95. The van der Waals surface area contributed by atoms with Crippen molar-refractivity contribution in [1.29, 1.82) is 0 Å². The van der Waals surface area contributed by atoms with Crippen molar-refractivity contribution in [2.45, 2.75) is 38.4 Å². The van der Waals surface area contributed by atoms with E-state index in [0.29, 0.717) is 32.7 Å². The smallest absolute Gasteiger partial charge is 0.410 e. The molecule has 1 fully saturated rings. The first-order valence-corrected chi connectivity index (χ1v) is 7.04. The van der Waals surface area contributed by atoms with Gasteiger partial charge in [0, 0.05) is 13.7 Å². The van der Waals surface area contributed by atoms with E-state index in [1.165, 1.54) is 0 Å². The number of ether oxygens (including phenoxy) is 3. The Kier molecular flexibility index (Phi) is 6.46. The number of carbonyl (C=O) groups excluding carboxylic acids is 1. The van der Waals surface area contributed by atoms with Crippen LogP contribution in [0.15, 0.2) is 0 Å². The predicted molar refractivity (Wildman–Crippen MR) is 77.8 cm³/mol. The summed E-state index contributed by atoms with van der Waals surface area (Å²) in [5, 5.41) is 8.82. The summed E-state index contributed by atoms with van der Waals surface area (Å²) in [5.41, 5.74) is -1.20. The molecule has 21 heavy (non-hydrogen) atoms. The zero-order valence-corrected chi connectivity index (χ0v) is 13.3. The van der Waals surface area contributed by atoms with Crippen LogP contribution in [0.1, 0.15) is 27.2 Å². The van der Waals surface area contributed by atoms with E-state index < -0.39 is 11.2 Å². The van der Waals surface area contributed by atoms with Crippen molar-refractivity contribution in [1.82, 2.24) is 4.90 Å². The fourth-order valence-electron chi connectivity index (χ4n) is 1.83. The van der Waals surface area contributed by atoms with E-state index in [4.69, 9.17) is 19.3 Å². The molecule has 1 N–H and O–H groups in total. The van der Waals surface area contributed by atoms with Gasteiger partial charge in [-0.15, -0.1) is 0 Å². The van der Waals surface area contributed by atoms with Gasteiger partial charge in [-0.2, -0.15) is 0 Å². The first-order valence-electron chi connectivity index (χ1n) is 7.04. The van der Waals surface area contributed by atoms with E-state index in [9.17, 15) is 4.79 Å². The Morgan fingerprint density at radius 1 is 1.38 bits per heavy atom. The number of hydrogen-bond donors (Lipinski definition) is 1. The highest BCUT2D eigenvalue weighted by Crippen LogP contribution is 2.26. The fourth-order valence-corrected chi connectivity index (χ4v) is 1.83. The molecule has 1 saturated heterocycles. The SMILES string of the molecule is COCC#CC1(OCCCO)CN(C(=O)OC(C)(C)C)C1. The molecule has 6 nitrogen and oxygen atoms in total. The van der Waals surface area contributed by atoms with Crippen molar-refractivity contribution in [2.75, 3.05) is 40.0 Å². The summed E-state index contributed by atoms with van der Waals surface area (Å²) in [7, 11) is 1.57. The monoisotopic (exact) mass is 299 g/mol. The molecule has 0 aliphatic carbocycles. The molecule has 1 heterocycles. The Morgan fingerprint density at radius 3 is 2.57 bits per heavy atom. The minimum Gasteiger partial charge on any atom is -0.444 e. The lowest BCUT2D eigenvalue weighted by molar-refractivity contribution is -0.106. The quantitative estimate of drug-likeness (QED) is 0.606. The van der Waals surface area contributed by atoms with Gasteiger partial charge in [0.2, 0.25) is 0 Å². The number of rotatable bonds is 5. The number of hydrogen-bond acceptors (Lipinski definition) is 5. The van der Waals surface area contributed by atoms with E-state index in [0.717, 1.165) is 0 Å². The summed E-state index contributed by atoms with van der Waals surface area (Å²) < 4.78 is 15.9. The molecule has 1 aliphatic heterocycles. The first-order chi connectivity index (χ1) is 9.82. The van der Waals surface area contributed by atoms with Crippen molar-refractivity contribution < 1.29 is 24.1 Å². The number of nitrogens with zero attached hydrogens (tertiary/aromatic N) is 1. The molecule has 0 aromatic carbocycles. The van der Waals surface area contributed by atoms with Crippen LogP contribution in [0.25, 0.3) is 0 Å². The average Bonchev–Trinajstić information content (AvgIpc) is 2.32. The zero-order valence-electron chi connectivity index (χ0n) is 13.3. The van der Waals surface area contributed by atoms with Gasteiger partial charge in [0.05, 0.1) is 19.7 Å². The molecule has 0 radical (unpaired) electrons. The van der Waals surface area contributed by atoms with Crippen molar-refractivity contribution in [3.05, 3.63) is 0 Å². The summed E-state index contributed by atoms with van der Waals surface area (Å²) in [4.78, 5) is 13.5. The normalized spacial score (nSPS) is 16.7. The number of amides is 1. The van der Waals surface area contributed by atoms with Crippen LogP contribution in [0.5, 0.6) is 0 Å². The summed E-state index contributed by atoms with van der Waals surface area (Å²) in [5.74, 6) is 5.89. The third kappa shape index (κ3) is 5.92. The van der Waals surface area contributed by atoms with E-state index >= 15 is 0 Å². The number of aliphatic hydroxyl groups is 1. The van der Waals surface area contributed by atoms with Crippen molar-refractivity contribution >= 4 is 6.09 Å². The summed E-state index contributed by atoms with van der Waals surface area (Å²) in [6.07, 6.45) is 0.178. The largest absolute Gasteiger partial charge is 0.444 e. The highest BCUT2D eigenvalue weighted by molar-refractivity contribution is 5.70. The standard InChI is InChI=1S/C15H25NO5/c1-14(2,3)21-13(18)16-11-15(12-16,7-5-9-19-4)20-10-6-8-17/h17H,6,8-12H2,1-4H3. The van der Waals surface area contributed by atoms with E-state index in [2.05, 4.69) is 11.8 Å². The van der Waals surface area contributed by atoms with Crippen LogP contribution in [-0.4, -0.2) is 67.3 Å².